The lowest BCUT2D eigenvalue weighted by atomic mass is 9.99. The van der Waals surface area contributed by atoms with Gasteiger partial charge in [-0.25, -0.2) is 18.3 Å². The normalized spacial score (nSPS) is 18.6. The maximum absolute atomic E-state index is 15.8. The molecule has 6 aromatic rings. The Labute approximate surface area is 221 Å². The largest absolute Gasteiger partial charge is 0.363 e. The molecule has 0 amide bonds. The average molecular weight is 521 g/mol. The summed E-state index contributed by atoms with van der Waals surface area (Å²) in [7, 11) is 0. The van der Waals surface area contributed by atoms with Crippen molar-refractivity contribution in [3.63, 3.8) is 0 Å². The topological polar surface area (TPSA) is 87.0 Å². The number of aromatic amines is 1. The van der Waals surface area contributed by atoms with E-state index in [-0.39, 0.29) is 11.6 Å². The summed E-state index contributed by atoms with van der Waals surface area (Å²) in [5, 5.41) is 16.5. The van der Waals surface area contributed by atoms with Gasteiger partial charge < -0.3 is 10.2 Å². The minimum Gasteiger partial charge on any atom is -0.363 e. The van der Waals surface area contributed by atoms with Crippen molar-refractivity contribution in [1.82, 2.24) is 35.1 Å². The molecule has 8 nitrogen and oxygen atoms in total. The Bertz CT molecular complexity index is 1880. The number of hydrogen-bond acceptors (Lipinski definition) is 6. The number of nitrogens with one attached hydrogen (secondary N) is 2. The van der Waals surface area contributed by atoms with Crippen LogP contribution in [0.5, 0.6) is 0 Å². The molecule has 2 atom stereocenters. The van der Waals surface area contributed by atoms with Crippen LogP contribution in [0.25, 0.3) is 50.2 Å². The Morgan fingerprint density at radius 2 is 1.82 bits per heavy atom. The Balaban J connectivity index is 1.35. The summed E-state index contributed by atoms with van der Waals surface area (Å²) >= 11 is 0. The minimum atomic E-state index is -0.893. The lowest BCUT2D eigenvalue weighted by Crippen LogP contribution is -2.44. The van der Waals surface area contributed by atoms with Crippen molar-refractivity contribution < 1.29 is 8.78 Å². The number of anilines is 1. The molecule has 2 aliphatic heterocycles. The van der Waals surface area contributed by atoms with Gasteiger partial charge in [0.15, 0.2) is 17.3 Å². The van der Waals surface area contributed by atoms with Crippen molar-refractivity contribution in [2.24, 2.45) is 0 Å². The summed E-state index contributed by atoms with van der Waals surface area (Å²) in [5.74, 6) is -1.73. The van der Waals surface area contributed by atoms with Crippen molar-refractivity contribution in [2.75, 3.05) is 18.0 Å². The molecule has 0 saturated carbocycles. The van der Waals surface area contributed by atoms with Crippen molar-refractivity contribution in [1.29, 1.82) is 0 Å². The Hall–Kier alpha value is -4.70. The summed E-state index contributed by atoms with van der Waals surface area (Å²) < 4.78 is 33.0. The zero-order valence-corrected chi connectivity index (χ0v) is 20.6. The molecule has 192 valence electrons. The standard InChI is InChI=1S/C29H22F2N8/c30-26-20(4-5-24(27(26)31)38-15-17-12-18(38)13-34-17)23-8-11-33-29-25(19-2-1-3-22-21(19)14-35-36-22)28(37-39(23)29)16-6-9-32-10-7-16/h1-11,14,17-18,34H,12-13,15H2,(H,35,36). The number of rotatable bonds is 4. The molecule has 39 heavy (non-hydrogen) atoms. The van der Waals surface area contributed by atoms with Gasteiger partial charge in [-0.1, -0.05) is 12.1 Å². The van der Waals surface area contributed by atoms with E-state index >= 15 is 8.78 Å². The van der Waals surface area contributed by atoms with Gasteiger partial charge in [0.2, 0.25) is 0 Å². The predicted octanol–water partition coefficient (Wildman–Crippen LogP) is 4.83. The van der Waals surface area contributed by atoms with Gasteiger partial charge in [0.1, 0.15) is 5.69 Å². The van der Waals surface area contributed by atoms with Gasteiger partial charge in [-0.3, -0.25) is 10.1 Å². The van der Waals surface area contributed by atoms with Crippen LogP contribution in [0.15, 0.2) is 73.3 Å². The van der Waals surface area contributed by atoms with Crippen LogP contribution in [-0.2, 0) is 0 Å². The molecule has 2 N–H and O–H groups in total. The first-order valence-corrected chi connectivity index (χ1v) is 12.9. The zero-order valence-electron chi connectivity index (χ0n) is 20.6. The number of hydrogen-bond donors (Lipinski definition) is 2. The third-order valence-electron chi connectivity index (χ3n) is 7.93. The second kappa shape index (κ2) is 8.40. The van der Waals surface area contributed by atoms with E-state index in [0.29, 0.717) is 35.3 Å². The highest BCUT2D eigenvalue weighted by atomic mass is 19.2. The molecule has 4 aromatic heterocycles. The molecule has 10 heteroatoms. The second-order valence-electron chi connectivity index (χ2n) is 10.1. The molecule has 2 bridgehead atoms. The number of pyridine rings is 1. The van der Waals surface area contributed by atoms with Crippen molar-refractivity contribution in [3.8, 4) is 33.6 Å². The van der Waals surface area contributed by atoms with Gasteiger partial charge in [-0.05, 0) is 48.4 Å². The van der Waals surface area contributed by atoms with E-state index in [9.17, 15) is 0 Å². The number of fused-ring (bicyclic) bond motifs is 4. The van der Waals surface area contributed by atoms with Crippen LogP contribution in [0.1, 0.15) is 6.42 Å². The van der Waals surface area contributed by atoms with E-state index in [0.717, 1.165) is 40.6 Å². The fraction of sp³-hybridized carbons (Fsp3) is 0.172. The van der Waals surface area contributed by atoms with E-state index in [1.54, 1.807) is 47.5 Å². The zero-order chi connectivity index (χ0) is 26.1. The fourth-order valence-corrected chi connectivity index (χ4v) is 6.11. The molecule has 2 aromatic carbocycles. The van der Waals surface area contributed by atoms with E-state index in [1.807, 2.05) is 35.2 Å². The SMILES string of the molecule is Fc1c(-c2ccnc3c(-c4cccc5[nH]ncc45)c(-c4ccncc4)nn23)ccc(N2CC3CC2CN3)c1F. The second-order valence-corrected chi connectivity index (χ2v) is 10.1. The lowest BCUT2D eigenvalue weighted by Gasteiger charge is -2.30. The number of benzene rings is 2. The third kappa shape index (κ3) is 3.31. The molecular weight excluding hydrogens is 498 g/mol. The van der Waals surface area contributed by atoms with Crippen molar-refractivity contribution in [2.45, 2.75) is 18.5 Å². The lowest BCUT2D eigenvalue weighted by molar-refractivity contribution is 0.500. The molecule has 2 aliphatic rings. The highest BCUT2D eigenvalue weighted by Gasteiger charge is 2.39. The van der Waals surface area contributed by atoms with Crippen LogP contribution in [0, 0.1) is 11.6 Å². The van der Waals surface area contributed by atoms with E-state index < -0.39 is 11.6 Å². The quantitative estimate of drug-likeness (QED) is 0.346. The number of halogens is 2. The molecule has 6 heterocycles. The van der Waals surface area contributed by atoms with E-state index in [2.05, 4.69) is 25.5 Å². The van der Waals surface area contributed by atoms with E-state index in [4.69, 9.17) is 5.10 Å². The maximum atomic E-state index is 15.8. The smallest absolute Gasteiger partial charge is 0.182 e. The first kappa shape index (κ1) is 22.3. The monoisotopic (exact) mass is 520 g/mol. The Morgan fingerprint density at radius 1 is 0.923 bits per heavy atom. The van der Waals surface area contributed by atoms with Gasteiger partial charge in [0, 0.05) is 60.3 Å². The van der Waals surface area contributed by atoms with E-state index in [1.165, 1.54) is 0 Å². The highest BCUT2D eigenvalue weighted by Crippen LogP contribution is 2.40. The number of H-pyrrole nitrogens is 1. The van der Waals surface area contributed by atoms with Crippen LogP contribution in [0.3, 0.4) is 0 Å². The maximum Gasteiger partial charge on any atom is 0.182 e. The van der Waals surface area contributed by atoms with Gasteiger partial charge in [0.25, 0.3) is 0 Å². The van der Waals surface area contributed by atoms with Gasteiger partial charge in [-0.2, -0.15) is 10.2 Å². The molecule has 8 rings (SSSR count). The molecule has 0 radical (unpaired) electrons. The average Bonchev–Trinajstić information content (AvgIpc) is 3.78. The molecule has 2 fully saturated rings. The Kier molecular flexibility index (Phi) is 4.80. The molecular formula is C29H22F2N8. The summed E-state index contributed by atoms with van der Waals surface area (Å²) in [6.45, 7) is 1.47. The molecule has 0 spiro atoms. The van der Waals surface area contributed by atoms with Gasteiger partial charge in [-0.15, -0.1) is 0 Å². The van der Waals surface area contributed by atoms with Gasteiger partial charge in [0.05, 0.1) is 28.7 Å². The van der Waals surface area contributed by atoms with Crippen LogP contribution < -0.4 is 10.2 Å². The number of nitrogens with zero attached hydrogens (tertiary/aromatic N) is 6. The van der Waals surface area contributed by atoms with Crippen molar-refractivity contribution >= 4 is 22.2 Å². The van der Waals surface area contributed by atoms with Gasteiger partial charge >= 0.3 is 0 Å². The summed E-state index contributed by atoms with van der Waals surface area (Å²) in [6.07, 6.45) is 7.72. The van der Waals surface area contributed by atoms with Crippen LogP contribution in [0.2, 0.25) is 0 Å². The molecule has 2 unspecified atom stereocenters. The molecule has 2 saturated heterocycles. The highest BCUT2D eigenvalue weighted by molar-refractivity contribution is 6.02. The molecule has 0 aliphatic carbocycles. The van der Waals surface area contributed by atoms with Crippen LogP contribution >= 0.6 is 0 Å². The van der Waals surface area contributed by atoms with Crippen LogP contribution in [0.4, 0.5) is 14.5 Å². The first-order valence-electron chi connectivity index (χ1n) is 12.9. The summed E-state index contributed by atoms with van der Waals surface area (Å²) in [6, 6.07) is 15.1. The fourth-order valence-electron chi connectivity index (χ4n) is 6.11. The van der Waals surface area contributed by atoms with Crippen LogP contribution in [-0.4, -0.2) is 55.0 Å². The predicted molar refractivity (Wildman–Crippen MR) is 144 cm³/mol. The first-order chi connectivity index (χ1) is 19.2. The summed E-state index contributed by atoms with van der Waals surface area (Å²) in [4.78, 5) is 10.8. The third-order valence-corrected chi connectivity index (χ3v) is 7.93. The number of piperazine rings is 1. The number of aromatic nitrogens is 6. The minimum absolute atomic E-state index is 0.128. The Morgan fingerprint density at radius 3 is 2.64 bits per heavy atom. The summed E-state index contributed by atoms with van der Waals surface area (Å²) in [5.41, 5.74) is 5.39. The van der Waals surface area contributed by atoms with Crippen molar-refractivity contribution in [3.05, 3.63) is 85.0 Å².